The first kappa shape index (κ1) is 16.0. The van der Waals surface area contributed by atoms with Gasteiger partial charge in [-0.05, 0) is 17.7 Å². The highest BCUT2D eigenvalue weighted by Crippen LogP contribution is 2.14. The van der Waals surface area contributed by atoms with E-state index in [4.69, 9.17) is 5.11 Å². The van der Waals surface area contributed by atoms with Crippen LogP contribution in [0, 0.1) is 0 Å². The van der Waals surface area contributed by atoms with Crippen molar-refractivity contribution < 1.29 is 23.1 Å². The van der Waals surface area contributed by atoms with Crippen LogP contribution in [0.4, 0.5) is 5.69 Å². The molecule has 0 saturated carbocycles. The van der Waals surface area contributed by atoms with Gasteiger partial charge in [0, 0.05) is 26.2 Å². The fraction of sp³-hybridized carbons (Fsp3) is 0.333. The summed E-state index contributed by atoms with van der Waals surface area (Å²) in [4.78, 5) is 23.0. The van der Waals surface area contributed by atoms with Crippen LogP contribution >= 0.6 is 0 Å². The Hall–Kier alpha value is -2.09. The van der Waals surface area contributed by atoms with Gasteiger partial charge in [-0.25, -0.2) is 8.42 Å². The highest BCUT2D eigenvalue weighted by Gasteiger charge is 2.15. The quantitative estimate of drug-likeness (QED) is 0.795. The molecular formula is C12H16N2O5S. The third kappa shape index (κ3) is 5.27. The standard InChI is InChI=1S/C12H16N2O5S/c1-9(15)14(2)7-10-4-3-5-11(6-10)13-20(18,19)8-12(16)17/h3-6,13H,7-8H2,1-2H3,(H,16,17). The van der Waals surface area contributed by atoms with Gasteiger partial charge in [-0.2, -0.15) is 0 Å². The Morgan fingerprint density at radius 2 is 2.00 bits per heavy atom. The fourth-order valence-electron chi connectivity index (χ4n) is 1.50. The number of nitrogens with one attached hydrogen (secondary N) is 1. The molecular weight excluding hydrogens is 284 g/mol. The Balaban J connectivity index is 2.83. The molecule has 0 unspecified atom stereocenters. The molecule has 1 amide bonds. The first-order valence-electron chi connectivity index (χ1n) is 5.72. The maximum absolute atomic E-state index is 11.5. The number of carbonyl (C=O) groups excluding carboxylic acids is 1. The number of rotatable bonds is 6. The Morgan fingerprint density at radius 1 is 1.35 bits per heavy atom. The van der Waals surface area contributed by atoms with Crippen LogP contribution in [0.1, 0.15) is 12.5 Å². The van der Waals surface area contributed by atoms with Gasteiger partial charge in [0.05, 0.1) is 0 Å². The molecule has 0 spiro atoms. The van der Waals surface area contributed by atoms with Crippen LogP contribution in [0.25, 0.3) is 0 Å². The monoisotopic (exact) mass is 300 g/mol. The summed E-state index contributed by atoms with van der Waals surface area (Å²) in [5.74, 6) is -2.53. The summed E-state index contributed by atoms with van der Waals surface area (Å²) in [6.07, 6.45) is 0. The Morgan fingerprint density at radius 3 is 2.55 bits per heavy atom. The minimum absolute atomic E-state index is 0.109. The van der Waals surface area contributed by atoms with Crippen LogP contribution in [0.2, 0.25) is 0 Å². The number of benzene rings is 1. The van der Waals surface area contributed by atoms with Gasteiger partial charge in [0.2, 0.25) is 15.9 Å². The number of aliphatic carboxylic acids is 1. The number of hydrogen-bond acceptors (Lipinski definition) is 4. The van der Waals surface area contributed by atoms with Crippen LogP contribution in [0.3, 0.4) is 0 Å². The van der Waals surface area contributed by atoms with Gasteiger partial charge >= 0.3 is 5.97 Å². The number of sulfonamides is 1. The topological polar surface area (TPSA) is 104 Å². The molecule has 20 heavy (non-hydrogen) atoms. The lowest BCUT2D eigenvalue weighted by Crippen LogP contribution is -2.24. The molecule has 0 aromatic heterocycles. The van der Waals surface area contributed by atoms with Crippen molar-refractivity contribution in [1.82, 2.24) is 4.90 Å². The number of carboxylic acids is 1. The third-order valence-electron chi connectivity index (χ3n) is 2.47. The number of carboxylic acid groups (broad SMARTS) is 1. The van der Waals surface area contributed by atoms with Crippen LogP contribution in [-0.2, 0) is 26.2 Å². The molecule has 1 aromatic rings. The smallest absolute Gasteiger partial charge is 0.320 e. The van der Waals surface area contributed by atoms with Crippen LogP contribution < -0.4 is 4.72 Å². The molecule has 0 aliphatic rings. The molecule has 0 fully saturated rings. The van der Waals surface area contributed by atoms with Crippen molar-refractivity contribution in [2.24, 2.45) is 0 Å². The summed E-state index contributed by atoms with van der Waals surface area (Å²) in [5, 5.41) is 8.50. The highest BCUT2D eigenvalue weighted by atomic mass is 32.2. The highest BCUT2D eigenvalue weighted by molar-refractivity contribution is 7.93. The first-order valence-corrected chi connectivity index (χ1v) is 7.38. The van der Waals surface area contributed by atoms with E-state index in [-0.39, 0.29) is 11.6 Å². The molecule has 0 heterocycles. The molecule has 0 atom stereocenters. The van der Waals surface area contributed by atoms with Gasteiger partial charge in [0.25, 0.3) is 0 Å². The summed E-state index contributed by atoms with van der Waals surface area (Å²) >= 11 is 0. The molecule has 8 heteroatoms. The van der Waals surface area contributed by atoms with E-state index in [1.165, 1.54) is 17.9 Å². The second kappa shape index (κ2) is 6.38. The first-order chi connectivity index (χ1) is 9.19. The average Bonchev–Trinajstić information content (AvgIpc) is 2.26. The van der Waals surface area contributed by atoms with E-state index in [9.17, 15) is 18.0 Å². The van der Waals surface area contributed by atoms with Gasteiger partial charge in [-0.15, -0.1) is 0 Å². The number of anilines is 1. The lowest BCUT2D eigenvalue weighted by Gasteiger charge is -2.15. The SMILES string of the molecule is CC(=O)N(C)Cc1cccc(NS(=O)(=O)CC(=O)O)c1. The zero-order valence-corrected chi connectivity index (χ0v) is 12.0. The van der Waals surface area contributed by atoms with Crippen molar-refractivity contribution >= 4 is 27.6 Å². The zero-order valence-electron chi connectivity index (χ0n) is 11.2. The lowest BCUT2D eigenvalue weighted by molar-refractivity contribution is -0.134. The third-order valence-corrected chi connectivity index (χ3v) is 3.64. The van der Waals surface area contributed by atoms with Crippen LogP contribution in [0.5, 0.6) is 0 Å². The molecule has 110 valence electrons. The van der Waals surface area contributed by atoms with Crippen molar-refractivity contribution in [2.45, 2.75) is 13.5 Å². The summed E-state index contributed by atoms with van der Waals surface area (Å²) in [6, 6.07) is 6.44. The molecule has 0 bridgehead atoms. The minimum atomic E-state index is -3.93. The molecule has 7 nitrogen and oxygen atoms in total. The van der Waals surface area contributed by atoms with Crippen molar-refractivity contribution in [3.63, 3.8) is 0 Å². The number of carbonyl (C=O) groups is 2. The number of nitrogens with zero attached hydrogens (tertiary/aromatic N) is 1. The van der Waals surface area contributed by atoms with E-state index < -0.39 is 21.7 Å². The normalized spacial score (nSPS) is 10.9. The largest absolute Gasteiger partial charge is 0.480 e. The molecule has 0 radical (unpaired) electrons. The summed E-state index contributed by atoms with van der Waals surface area (Å²) in [7, 11) is -2.30. The number of amides is 1. The van der Waals surface area contributed by atoms with E-state index in [1.54, 1.807) is 25.2 Å². The van der Waals surface area contributed by atoms with E-state index >= 15 is 0 Å². The average molecular weight is 300 g/mol. The maximum Gasteiger partial charge on any atom is 0.320 e. The fourth-order valence-corrected chi connectivity index (χ4v) is 2.38. The molecule has 0 aliphatic carbocycles. The summed E-state index contributed by atoms with van der Waals surface area (Å²) < 4.78 is 25.2. The van der Waals surface area contributed by atoms with E-state index in [0.29, 0.717) is 6.54 Å². The molecule has 0 saturated heterocycles. The second-order valence-corrected chi connectivity index (χ2v) is 6.05. The Bertz CT molecular complexity index is 612. The van der Waals surface area contributed by atoms with Crippen LogP contribution in [-0.4, -0.2) is 43.1 Å². The second-order valence-electron chi connectivity index (χ2n) is 4.33. The van der Waals surface area contributed by atoms with Gasteiger partial charge < -0.3 is 10.0 Å². The van der Waals surface area contributed by atoms with Crippen molar-refractivity contribution in [3.8, 4) is 0 Å². The summed E-state index contributed by atoms with van der Waals surface area (Å²) in [6.45, 7) is 1.77. The minimum Gasteiger partial charge on any atom is -0.480 e. The predicted molar refractivity (Wildman–Crippen MR) is 73.6 cm³/mol. The zero-order chi connectivity index (χ0) is 15.3. The van der Waals surface area contributed by atoms with Crippen LogP contribution in [0.15, 0.2) is 24.3 Å². The maximum atomic E-state index is 11.5. The molecule has 1 rings (SSSR count). The van der Waals surface area contributed by atoms with Gasteiger partial charge in [-0.3, -0.25) is 14.3 Å². The van der Waals surface area contributed by atoms with E-state index in [0.717, 1.165) is 5.56 Å². The predicted octanol–water partition coefficient (Wildman–Crippen LogP) is 0.491. The summed E-state index contributed by atoms with van der Waals surface area (Å²) in [5.41, 5.74) is 0.999. The molecule has 1 aromatic carbocycles. The van der Waals surface area contributed by atoms with Gasteiger partial charge in [0.1, 0.15) is 0 Å². The Labute approximate surface area is 117 Å². The van der Waals surface area contributed by atoms with Gasteiger partial charge in [-0.1, -0.05) is 12.1 Å². The number of hydrogen-bond donors (Lipinski definition) is 2. The van der Waals surface area contributed by atoms with Gasteiger partial charge in [0.15, 0.2) is 5.75 Å². The Kier molecular flexibility index (Phi) is 5.09. The van der Waals surface area contributed by atoms with E-state index in [1.807, 2.05) is 0 Å². The van der Waals surface area contributed by atoms with Crippen molar-refractivity contribution in [1.29, 1.82) is 0 Å². The molecule has 2 N–H and O–H groups in total. The lowest BCUT2D eigenvalue weighted by atomic mass is 10.2. The van der Waals surface area contributed by atoms with Crippen molar-refractivity contribution in [3.05, 3.63) is 29.8 Å². The van der Waals surface area contributed by atoms with E-state index in [2.05, 4.69) is 4.72 Å². The van der Waals surface area contributed by atoms with Crippen molar-refractivity contribution in [2.75, 3.05) is 17.5 Å². The molecule has 0 aliphatic heterocycles.